The second kappa shape index (κ2) is 6.15. The zero-order chi connectivity index (χ0) is 19.4. The number of nitrogen functional groups attached to an aromatic ring is 1. The summed E-state index contributed by atoms with van der Waals surface area (Å²) in [5.74, 6) is -1.40. The fraction of sp³-hybridized carbons (Fsp3) is 0.667. The molecule has 11 heteroatoms. The van der Waals surface area contributed by atoms with Crippen LogP contribution >= 0.6 is 11.6 Å². The average molecular weight is 391 g/mol. The van der Waals surface area contributed by atoms with Crippen molar-refractivity contribution in [3.63, 3.8) is 0 Å². The highest BCUT2D eigenvalue weighted by Crippen LogP contribution is 2.65. The Hall–Kier alpha value is -1.75. The van der Waals surface area contributed by atoms with Crippen molar-refractivity contribution >= 4 is 23.4 Å². The summed E-state index contributed by atoms with van der Waals surface area (Å²) in [7, 11) is 0. The molecule has 1 aliphatic carbocycles. The Bertz CT molecular complexity index is 788. The average Bonchev–Trinajstić information content (AvgIpc) is 2.99. The summed E-state index contributed by atoms with van der Waals surface area (Å²) < 4.78 is 26.6. The van der Waals surface area contributed by atoms with Crippen LogP contribution in [0.3, 0.4) is 0 Å². The molecule has 3 rings (SSSR count). The minimum atomic E-state index is -2.19. The normalized spacial score (nSPS) is 36.7. The fourth-order valence-corrected chi connectivity index (χ4v) is 3.60. The van der Waals surface area contributed by atoms with Crippen LogP contribution in [0.1, 0.15) is 20.1 Å². The van der Waals surface area contributed by atoms with Gasteiger partial charge in [0.25, 0.3) is 0 Å². The Morgan fingerprint density at radius 1 is 1.62 bits per heavy atom. The zero-order valence-electron chi connectivity index (χ0n) is 14.1. The topological polar surface area (TPSA) is 143 Å². The van der Waals surface area contributed by atoms with Crippen LogP contribution in [0.2, 0.25) is 0 Å². The first-order valence-corrected chi connectivity index (χ1v) is 8.54. The van der Waals surface area contributed by atoms with Gasteiger partial charge in [-0.15, -0.1) is 11.6 Å². The fourth-order valence-electron chi connectivity index (χ4n) is 3.18. The third-order valence-corrected chi connectivity index (χ3v) is 5.37. The van der Waals surface area contributed by atoms with Gasteiger partial charge in [0.15, 0.2) is 29.7 Å². The van der Waals surface area contributed by atoms with Crippen LogP contribution in [-0.2, 0) is 14.3 Å². The summed E-state index contributed by atoms with van der Waals surface area (Å²) >= 11 is 5.89. The predicted molar refractivity (Wildman–Crippen MR) is 89.0 cm³/mol. The molecule has 1 saturated carbocycles. The van der Waals surface area contributed by atoms with Crippen molar-refractivity contribution in [2.75, 3.05) is 11.6 Å². The number of aliphatic hydroxyl groups is 1. The molecule has 2 fully saturated rings. The van der Waals surface area contributed by atoms with E-state index in [0.29, 0.717) is 0 Å². The van der Waals surface area contributed by atoms with E-state index in [0.717, 1.165) is 4.57 Å². The summed E-state index contributed by atoms with van der Waals surface area (Å²) in [5, 5.41) is 10.7. The Morgan fingerprint density at radius 3 is 2.77 bits per heavy atom. The van der Waals surface area contributed by atoms with Gasteiger partial charge < -0.3 is 26.0 Å². The molecule has 2 unspecified atom stereocenters. The number of rotatable bonds is 5. The van der Waals surface area contributed by atoms with Crippen molar-refractivity contribution in [3.05, 3.63) is 22.7 Å². The first kappa shape index (κ1) is 19.0. The predicted octanol–water partition coefficient (Wildman–Crippen LogP) is -0.690. The number of nitrogens with two attached hydrogens (primary N) is 2. The van der Waals surface area contributed by atoms with Gasteiger partial charge in [0.2, 0.25) is 0 Å². The van der Waals surface area contributed by atoms with Crippen LogP contribution in [0.5, 0.6) is 0 Å². The number of ether oxygens (including phenoxy) is 2. The molecular formula is C15H20ClFN4O5. The van der Waals surface area contributed by atoms with E-state index in [1.54, 1.807) is 13.8 Å². The molecule has 1 aliphatic heterocycles. The van der Waals surface area contributed by atoms with Gasteiger partial charge in [-0.25, -0.2) is 9.18 Å². The van der Waals surface area contributed by atoms with Crippen molar-refractivity contribution < 1.29 is 23.8 Å². The summed E-state index contributed by atoms with van der Waals surface area (Å²) in [6.07, 6.45) is -3.69. The molecule has 1 aromatic heterocycles. The number of alkyl halides is 2. The minimum absolute atomic E-state index is 0.0370. The summed E-state index contributed by atoms with van der Waals surface area (Å²) in [4.78, 5) is 27.5. The molecule has 0 radical (unpaired) electrons. The second-order valence-electron chi connectivity index (χ2n) is 6.89. The van der Waals surface area contributed by atoms with Crippen LogP contribution in [0, 0.1) is 5.92 Å². The van der Waals surface area contributed by atoms with Gasteiger partial charge in [-0.3, -0.25) is 9.36 Å². The van der Waals surface area contributed by atoms with Gasteiger partial charge in [0.1, 0.15) is 11.9 Å². The summed E-state index contributed by atoms with van der Waals surface area (Å²) in [5.41, 5.74) is 6.41. The third kappa shape index (κ3) is 2.43. The van der Waals surface area contributed by atoms with E-state index in [9.17, 15) is 19.1 Å². The number of hydrogen-bond acceptors (Lipinski definition) is 8. The van der Waals surface area contributed by atoms with Gasteiger partial charge >= 0.3 is 11.7 Å². The minimum Gasteiger partial charge on any atom is -0.455 e. The lowest BCUT2D eigenvalue weighted by Gasteiger charge is -2.24. The number of fused-ring (bicyclic) bond motifs is 1. The van der Waals surface area contributed by atoms with Crippen LogP contribution < -0.4 is 17.2 Å². The van der Waals surface area contributed by atoms with Crippen molar-refractivity contribution in [2.45, 2.75) is 49.6 Å². The molecule has 9 nitrogen and oxygen atoms in total. The molecule has 0 spiro atoms. The smallest absolute Gasteiger partial charge is 0.351 e. The summed E-state index contributed by atoms with van der Waals surface area (Å²) in [6, 6.07) is 0.350. The van der Waals surface area contributed by atoms with E-state index in [-0.39, 0.29) is 17.6 Å². The highest BCUT2D eigenvalue weighted by atomic mass is 35.5. The first-order valence-electron chi connectivity index (χ1n) is 8.01. The highest BCUT2D eigenvalue weighted by molar-refractivity contribution is 6.19. The Morgan fingerprint density at radius 2 is 2.27 bits per heavy atom. The molecule has 0 aromatic carbocycles. The van der Waals surface area contributed by atoms with Gasteiger partial charge in [0, 0.05) is 6.20 Å². The van der Waals surface area contributed by atoms with E-state index in [1.165, 1.54) is 12.3 Å². The molecule has 144 valence electrons. The van der Waals surface area contributed by atoms with Crippen LogP contribution in [0.15, 0.2) is 17.1 Å². The molecule has 6 atom stereocenters. The Kier molecular flexibility index (Phi) is 4.50. The van der Waals surface area contributed by atoms with Gasteiger partial charge in [-0.05, 0) is 12.0 Å². The molecule has 1 aromatic rings. The Labute approximate surface area is 153 Å². The molecule has 1 saturated heterocycles. The number of halogens is 2. The van der Waals surface area contributed by atoms with Crippen molar-refractivity contribution in [1.29, 1.82) is 0 Å². The second-order valence-corrected chi connectivity index (χ2v) is 7.15. The van der Waals surface area contributed by atoms with Crippen molar-refractivity contribution in [3.8, 4) is 0 Å². The Balaban J connectivity index is 1.85. The number of carbonyl (C=O) groups is 1. The molecule has 26 heavy (non-hydrogen) atoms. The lowest BCUT2D eigenvalue weighted by molar-refractivity contribution is -0.159. The monoisotopic (exact) mass is 390 g/mol. The van der Waals surface area contributed by atoms with Crippen LogP contribution in [0.25, 0.3) is 0 Å². The van der Waals surface area contributed by atoms with Crippen LogP contribution in [0.4, 0.5) is 10.2 Å². The lowest BCUT2D eigenvalue weighted by Crippen LogP contribution is -2.42. The van der Waals surface area contributed by atoms with E-state index in [4.69, 9.17) is 32.5 Å². The maximum absolute atomic E-state index is 15.0. The number of anilines is 1. The van der Waals surface area contributed by atoms with E-state index in [1.807, 2.05) is 0 Å². The van der Waals surface area contributed by atoms with Crippen molar-refractivity contribution in [1.82, 2.24) is 9.55 Å². The summed E-state index contributed by atoms with van der Waals surface area (Å²) in [6.45, 7) is 3.44. The SMILES string of the molecule is CC(C)C(N)C(=O)OC1[C@@]2(CCl)O[C@@H](n3ccc(N)nc3=O)[C@H](F)[C@@]12O. The lowest BCUT2D eigenvalue weighted by atomic mass is 10.1. The third-order valence-electron chi connectivity index (χ3n) is 4.97. The maximum Gasteiger partial charge on any atom is 0.351 e. The largest absolute Gasteiger partial charge is 0.455 e. The van der Waals surface area contributed by atoms with Gasteiger partial charge in [0.05, 0.1) is 5.88 Å². The number of nitrogens with zero attached hydrogens (tertiary/aromatic N) is 2. The maximum atomic E-state index is 15.0. The van der Waals surface area contributed by atoms with Crippen LogP contribution in [-0.4, -0.2) is 56.0 Å². The molecule has 5 N–H and O–H groups in total. The number of carbonyl (C=O) groups excluding carboxylic acids is 1. The van der Waals surface area contributed by atoms with Gasteiger partial charge in [-0.1, -0.05) is 13.8 Å². The highest BCUT2D eigenvalue weighted by Gasteiger charge is 2.90. The molecule has 2 aliphatic rings. The quantitative estimate of drug-likeness (QED) is 0.443. The van der Waals surface area contributed by atoms with E-state index in [2.05, 4.69) is 4.98 Å². The molecule has 2 heterocycles. The van der Waals surface area contributed by atoms with Gasteiger partial charge in [-0.2, -0.15) is 4.98 Å². The number of esters is 1. The zero-order valence-corrected chi connectivity index (χ0v) is 14.9. The number of aromatic nitrogens is 2. The van der Waals surface area contributed by atoms with Crippen molar-refractivity contribution in [2.24, 2.45) is 11.7 Å². The molecular weight excluding hydrogens is 371 g/mol. The molecule has 0 bridgehead atoms. The first-order chi connectivity index (χ1) is 12.1. The van der Waals surface area contributed by atoms with E-state index >= 15 is 0 Å². The molecule has 0 amide bonds. The number of hydrogen-bond donors (Lipinski definition) is 3. The standard InChI is InChI=1S/C15H20ClFN4O5/c1-6(2)8(19)11(22)25-12-14(5-16)15(12,24)9(17)10(26-14)21-4-3-7(18)20-13(21)23/h3-4,6,8-10,12,24H,5,19H2,1-2H3,(H2,18,20,23)/t8?,9-,10+,12?,14+,15+/m0/s1. The van der Waals surface area contributed by atoms with E-state index < -0.39 is 47.4 Å².